The van der Waals surface area contributed by atoms with Crippen molar-refractivity contribution in [1.82, 2.24) is 70.4 Å². The van der Waals surface area contributed by atoms with Gasteiger partial charge in [0.15, 0.2) is 0 Å². The van der Waals surface area contributed by atoms with Crippen LogP contribution in [0.25, 0.3) is 0 Å². The van der Waals surface area contributed by atoms with Crippen LogP contribution < -0.4 is 21.3 Å². The van der Waals surface area contributed by atoms with Crippen LogP contribution in [0.2, 0.25) is 0 Å². The van der Waals surface area contributed by atoms with Gasteiger partial charge in [0.1, 0.15) is 0 Å². The number of rotatable bonds is 23. The third-order valence-corrected chi connectivity index (χ3v) is 33.6. The molecule has 0 bridgehead atoms. The summed E-state index contributed by atoms with van der Waals surface area (Å²) in [6, 6.07) is 11.9. The van der Waals surface area contributed by atoms with E-state index in [1.807, 2.05) is 112 Å². The first-order valence-electron chi connectivity index (χ1n) is 60.3. The van der Waals surface area contributed by atoms with E-state index in [9.17, 15) is 38.4 Å². The largest absolute Gasteiger partial charge is 0.353 e. The van der Waals surface area contributed by atoms with Crippen molar-refractivity contribution >= 4 is 47.8 Å². The molecule has 856 valence electrons. The van der Waals surface area contributed by atoms with Crippen molar-refractivity contribution < 1.29 is 38.4 Å². The molecule has 0 unspecified atom stereocenters. The third kappa shape index (κ3) is 53.5. The Morgan fingerprint density at radius 3 is 0.886 bits per heavy atom. The fourth-order valence-corrected chi connectivity index (χ4v) is 26.3. The van der Waals surface area contributed by atoms with E-state index in [-0.39, 0.29) is 35.9 Å². The van der Waals surface area contributed by atoms with Gasteiger partial charge < -0.3 is 60.5 Å². The lowest BCUT2D eigenvalue weighted by Gasteiger charge is -2.37. The van der Waals surface area contributed by atoms with Gasteiger partial charge in [0, 0.05) is 168 Å². The molecule has 11 aliphatic rings. The zero-order valence-electron chi connectivity index (χ0n) is 102. The average molecular weight is 2080 g/mol. The van der Waals surface area contributed by atoms with E-state index in [2.05, 4.69) is 207 Å². The topological polar surface area (TPSA) is 236 Å². The van der Waals surface area contributed by atoms with Crippen LogP contribution in [-0.2, 0) is 32.0 Å². The fraction of sp³-hybridized carbons (Fsp3) is 0.858. The summed E-state index contributed by atoms with van der Waals surface area (Å²) in [6.45, 7) is 64.1. The molecule has 2 aromatic heterocycles. The summed E-state index contributed by atoms with van der Waals surface area (Å²) in [7, 11) is 13.3. The van der Waals surface area contributed by atoms with E-state index in [0.717, 1.165) is 149 Å². The van der Waals surface area contributed by atoms with Crippen molar-refractivity contribution in [1.29, 1.82) is 0 Å². The maximum Gasteiger partial charge on any atom is 0.320 e. The summed E-state index contributed by atoms with van der Waals surface area (Å²) in [5, 5.41) is 12.5. The zero-order valence-corrected chi connectivity index (χ0v) is 102. The minimum Gasteiger partial charge on any atom is -0.353 e. The van der Waals surface area contributed by atoms with Crippen LogP contribution >= 0.6 is 0 Å². The molecular weight excluding hydrogens is 1850 g/mol. The fourth-order valence-electron chi connectivity index (χ4n) is 26.3. The molecule has 13 rings (SSSR count). The highest BCUT2D eigenvalue weighted by molar-refractivity contribution is 5.81. The van der Waals surface area contributed by atoms with Gasteiger partial charge >= 0.3 is 24.1 Å². The minimum atomic E-state index is 0.0803. The molecule has 2 aromatic rings. The molecule has 2 aliphatic heterocycles. The molecule has 9 aliphatic carbocycles. The monoisotopic (exact) mass is 2080 g/mol. The van der Waals surface area contributed by atoms with Crippen molar-refractivity contribution in [2.24, 2.45) is 96.6 Å². The first-order valence-corrected chi connectivity index (χ1v) is 60.3. The molecule has 0 radical (unpaired) electrons. The second kappa shape index (κ2) is 62.3. The highest BCUT2D eigenvalue weighted by Gasteiger charge is 2.41. The number of likely N-dealkylation sites (N-methyl/N-ethyl adjacent to an activating group) is 2. The smallest absolute Gasteiger partial charge is 0.320 e. The van der Waals surface area contributed by atoms with Crippen LogP contribution in [0, 0.1) is 96.6 Å². The van der Waals surface area contributed by atoms with Gasteiger partial charge in [-0.05, 0) is 397 Å². The highest BCUT2D eigenvalue weighted by Crippen LogP contribution is 2.45. The van der Waals surface area contributed by atoms with E-state index in [1.165, 1.54) is 212 Å². The number of urea groups is 4. The number of carbonyl (C=O) groups excluding carboxylic acids is 8. The molecule has 0 spiro atoms. The first kappa shape index (κ1) is 131. The second-order valence-electron chi connectivity index (χ2n) is 58.4. The van der Waals surface area contributed by atoms with Crippen LogP contribution in [0.15, 0.2) is 49.1 Å². The summed E-state index contributed by atoms with van der Waals surface area (Å²) >= 11 is 0. The van der Waals surface area contributed by atoms with E-state index < -0.39 is 0 Å². The molecule has 4 heterocycles. The second-order valence-corrected chi connectivity index (χ2v) is 58.4. The van der Waals surface area contributed by atoms with Gasteiger partial charge in [0.05, 0.1) is 12.8 Å². The Hall–Kier alpha value is -6.74. The maximum atomic E-state index is 12.1. The number of nitrogens with zero attached hydrogens (tertiary/aromatic N) is 10. The van der Waals surface area contributed by atoms with Crippen LogP contribution in [0.5, 0.6) is 0 Å². The van der Waals surface area contributed by atoms with Gasteiger partial charge in [0.25, 0.3) is 0 Å². The van der Waals surface area contributed by atoms with Crippen LogP contribution in [0.3, 0.4) is 0 Å². The number of nitrogens with one attached hydrogen (secondary N) is 4. The van der Waals surface area contributed by atoms with Crippen molar-refractivity contribution in [3.8, 4) is 0 Å². The van der Waals surface area contributed by atoms with Gasteiger partial charge in [-0.3, -0.25) is 29.1 Å². The van der Waals surface area contributed by atoms with Gasteiger partial charge in [-0.1, -0.05) is 186 Å². The molecule has 0 atom stereocenters. The molecule has 2 saturated heterocycles. The molecule has 9 saturated carbocycles. The Bertz CT molecular complexity index is 3960. The summed E-state index contributed by atoms with van der Waals surface area (Å²) in [6.07, 6.45) is 61.7. The van der Waals surface area contributed by atoms with Crippen LogP contribution in [0.4, 0.5) is 19.2 Å². The van der Waals surface area contributed by atoms with Crippen molar-refractivity contribution in [2.75, 3.05) is 82.1 Å². The van der Waals surface area contributed by atoms with E-state index in [4.69, 9.17) is 0 Å². The molecular formula is C127H230N14O8. The quantitative estimate of drug-likeness (QED) is 0.0821. The number of carbonyl (C=O) groups is 8. The lowest BCUT2D eigenvalue weighted by atomic mass is 9.76. The average Bonchev–Trinajstić information content (AvgIpc) is 1.72. The molecule has 4 N–H and O–H groups in total. The predicted molar refractivity (Wildman–Crippen MR) is 622 cm³/mol. The number of hydrogen-bond acceptors (Lipinski definition) is 10. The van der Waals surface area contributed by atoms with Crippen LogP contribution in [0.1, 0.15) is 474 Å². The van der Waals surface area contributed by atoms with Gasteiger partial charge in [-0.15, -0.1) is 0 Å². The Balaban J connectivity index is 0.000000260. The Morgan fingerprint density at radius 2 is 0.624 bits per heavy atom. The summed E-state index contributed by atoms with van der Waals surface area (Å²) < 4.78 is 0. The SMILES string of the molecule is CC(C)(C)CC1CCC(NC(=O)C2CCC2)CC1.CC(C)(C)CC1CCC(NC(=O)Cc2cccnc2)CC1.CC(C)(C)CC1CCC(NC(=O)Cc2ccncc2)CC1.CCC(=O)N(C)C1CCC(CC(C)(C)C)CC1.CCNC(=O)N(C)C1CCC(CC(C)(C)C)CC1.CN(C)C(=O)N(C)C1CCC(CC(C)(C)C)CC1.CN1CCN(C2CCC(CC(C)(C)C)CC2)C1=O.CN1CCN(C2CCC(CC(C)(C)C)CC2)C1=O. The Morgan fingerprint density at radius 1 is 0.336 bits per heavy atom. The zero-order chi connectivity index (χ0) is 111. The molecule has 22 heteroatoms. The molecule has 0 aromatic carbocycles. The maximum absolute atomic E-state index is 12.1. The lowest BCUT2D eigenvalue weighted by Crippen LogP contribution is -2.45. The highest BCUT2D eigenvalue weighted by atomic mass is 16.2. The number of hydrogen-bond donors (Lipinski definition) is 4. The van der Waals surface area contributed by atoms with Crippen molar-refractivity contribution in [3.63, 3.8) is 0 Å². The van der Waals surface area contributed by atoms with Crippen LogP contribution in [-0.4, -0.2) is 227 Å². The standard InChI is InChI=1S/2C18H28N2O.C16H29NO.2C15H28N2O.2C15H30N2O.C15H29NO/c1-18(2,3)13-15-4-6-16(7-5-15)20-17(21)12-14-8-10-19-11-9-14;1-18(2,3)12-14-6-8-16(9-7-14)20-17(21)11-15-5-4-10-19-13-15;1-16(2,3)11-12-7-9-14(10-8-12)17-15(18)13-5-4-6-13;2*1-15(2,3)11-12-5-7-13(8-6-12)17-10-9-16(4)14(17)18;1-15(2,3)11-12-7-9-13(10-8-12)17(6)14(18)16(4)5;1-6-16-14(18)17(5)13-9-7-12(8-10-13)11-15(2,3)4;1-6-14(17)16(5)13-9-7-12(8-10-13)11-15(2,3)4/h8-11,15-16H,4-7,12-13H2,1-3H3,(H,20,21);4-5,10,13-14,16H,6-9,11-12H2,1-3H3,(H,20,21);12-14H,4-11H2,1-3H3,(H,17,18);2*12-13H,5-11H2,1-4H3;12-13H,7-11H2,1-6H3;12-13H,6-11H2,1-5H3,(H,16,18);12-13H,6-11H2,1-5H3. The van der Waals surface area contributed by atoms with E-state index in [1.54, 1.807) is 29.7 Å². The number of amides is 12. The first-order chi connectivity index (χ1) is 69.4. The van der Waals surface area contributed by atoms with E-state index in [0.29, 0.717) is 135 Å². The van der Waals surface area contributed by atoms with Gasteiger partial charge in [-0.2, -0.15) is 0 Å². The van der Waals surface area contributed by atoms with Crippen molar-refractivity contribution in [2.45, 2.75) is 524 Å². The van der Waals surface area contributed by atoms with Crippen molar-refractivity contribution in [3.05, 3.63) is 60.2 Å². The Labute approximate surface area is 913 Å². The van der Waals surface area contributed by atoms with Gasteiger partial charge in [-0.25, -0.2) is 19.2 Å². The predicted octanol–water partition coefficient (Wildman–Crippen LogP) is 29.2. The molecule has 12 amide bonds. The Kier molecular flexibility index (Phi) is 54.7. The number of pyridine rings is 2. The molecule has 149 heavy (non-hydrogen) atoms. The molecule has 11 fully saturated rings. The number of aromatic nitrogens is 2. The minimum absolute atomic E-state index is 0.0803. The third-order valence-electron chi connectivity index (χ3n) is 33.6. The lowest BCUT2D eigenvalue weighted by molar-refractivity contribution is -0.132. The summed E-state index contributed by atoms with van der Waals surface area (Å²) in [4.78, 5) is 119. The normalized spacial score (nSPS) is 26.2. The summed E-state index contributed by atoms with van der Waals surface area (Å²) in [5.41, 5.74) is 5.51. The van der Waals surface area contributed by atoms with Gasteiger partial charge in [0.2, 0.25) is 23.6 Å². The summed E-state index contributed by atoms with van der Waals surface area (Å²) in [5.74, 6) is 8.10. The van der Waals surface area contributed by atoms with E-state index >= 15 is 0 Å². The molecule has 22 nitrogen and oxygen atoms in total.